The fraction of sp³-hybridized carbons (Fsp3) is 0.143. The fourth-order valence-electron chi connectivity index (χ4n) is 8.25. The Bertz CT molecular complexity index is 2570. The van der Waals surface area contributed by atoms with E-state index in [1.807, 2.05) is 0 Å². The molecule has 0 saturated heterocycles. The van der Waals surface area contributed by atoms with Crippen molar-refractivity contribution in [3.63, 3.8) is 0 Å². The summed E-state index contributed by atoms with van der Waals surface area (Å²) >= 11 is 6.92. The summed E-state index contributed by atoms with van der Waals surface area (Å²) in [7, 11) is 4.34. The molecule has 0 fully saturated rings. The van der Waals surface area contributed by atoms with Crippen molar-refractivity contribution in [3.05, 3.63) is 154 Å². The first-order valence-corrected chi connectivity index (χ1v) is 17.4. The van der Waals surface area contributed by atoms with E-state index in [1.165, 1.54) is 77.2 Å². The Labute approximate surface area is 296 Å². The summed E-state index contributed by atoms with van der Waals surface area (Å²) in [5, 5.41) is 5.34. The Hall–Kier alpha value is -4.39. The molecule has 0 amide bonds. The van der Waals surface area contributed by atoms with Crippen molar-refractivity contribution in [1.29, 1.82) is 0 Å². The van der Waals surface area contributed by atoms with Crippen LogP contribution in [-0.2, 0) is 10.8 Å². The summed E-state index contributed by atoms with van der Waals surface area (Å²) in [6.45, 7) is 9.33. The first-order chi connectivity index (χ1) is 23.2. The number of halogens is 1. The summed E-state index contributed by atoms with van der Waals surface area (Å²) in [5.74, 6) is 0. The van der Waals surface area contributed by atoms with Crippen molar-refractivity contribution < 1.29 is 0 Å². The number of aromatic nitrogens is 2. The van der Waals surface area contributed by atoms with Crippen molar-refractivity contribution in [2.45, 2.75) is 38.5 Å². The predicted octanol–water partition coefficient (Wildman–Crippen LogP) is 11.8. The summed E-state index contributed by atoms with van der Waals surface area (Å²) in [4.78, 5) is 0. The van der Waals surface area contributed by atoms with Crippen LogP contribution in [0.5, 0.6) is 0 Å². The number of nitrogens with zero attached hydrogens (tertiary/aromatic N) is 3. The number of rotatable bonds is 0. The quantitative estimate of drug-likeness (QED) is 0.120. The van der Waals surface area contributed by atoms with Crippen LogP contribution in [0.4, 0.5) is 0 Å². The Kier molecular flexibility index (Phi) is 7.31. The van der Waals surface area contributed by atoms with Gasteiger partial charge >= 0.3 is 24.8 Å². The second-order valence-electron chi connectivity index (χ2n) is 13.7. The standard InChI is InChI=1S/C21H16BrN.C21H17N.BHNS/c1-21(2)16-8-4-6-10-19(16)23-18-9-5-3-7-14(18)15-11-13(22)12-17(21)20(15)23;1-21(2)16-10-4-6-13-19(16)22-18-12-5-3-8-14(18)15-9-7-11-17(21)20(15)22;1-2-3/h3-12H,1-2H3;3-13H,1-2H3;3H. The minimum atomic E-state index is -0.0109. The Balaban J connectivity index is 0.000000130. The third-order valence-corrected chi connectivity index (χ3v) is 10.9. The van der Waals surface area contributed by atoms with Crippen molar-refractivity contribution in [2.24, 2.45) is 4.30 Å². The van der Waals surface area contributed by atoms with Crippen molar-refractivity contribution in [3.8, 4) is 11.4 Å². The van der Waals surface area contributed by atoms with Gasteiger partial charge < -0.3 is 9.13 Å². The van der Waals surface area contributed by atoms with Crippen LogP contribution in [0.25, 0.3) is 55.0 Å². The second kappa shape index (κ2) is 11.4. The van der Waals surface area contributed by atoms with E-state index < -0.39 is 0 Å². The van der Waals surface area contributed by atoms with Crippen molar-refractivity contribution in [2.75, 3.05) is 0 Å². The Morgan fingerprint density at radius 3 is 1.52 bits per heavy atom. The molecule has 0 unspecified atom stereocenters. The average molecular weight is 704 g/mol. The van der Waals surface area contributed by atoms with Gasteiger partial charge in [-0.3, -0.25) is 0 Å². The molecule has 2 aliphatic rings. The summed E-state index contributed by atoms with van der Waals surface area (Å²) < 4.78 is 8.73. The van der Waals surface area contributed by atoms with Gasteiger partial charge in [0.05, 0.1) is 33.4 Å². The molecule has 10 rings (SSSR count). The minimum absolute atomic E-state index is 0.0109. The molecular weight excluding hydrogens is 669 g/mol. The number of benzene rings is 6. The van der Waals surface area contributed by atoms with Gasteiger partial charge in [-0.2, -0.15) is 0 Å². The van der Waals surface area contributed by atoms with Crippen LogP contribution in [0.1, 0.15) is 49.9 Å². The number of thiol groups is 1. The number of hydrogen-bond acceptors (Lipinski definition) is 2. The first kappa shape index (κ1) is 30.9. The van der Waals surface area contributed by atoms with Gasteiger partial charge in [-0.1, -0.05) is 135 Å². The molecule has 6 aromatic carbocycles. The molecule has 0 atom stereocenters. The zero-order chi connectivity index (χ0) is 33.4. The molecule has 0 aliphatic carbocycles. The maximum absolute atomic E-state index is 4.34. The van der Waals surface area contributed by atoms with Crippen molar-refractivity contribution >= 4 is 80.0 Å². The zero-order valence-corrected chi connectivity index (χ0v) is 29.8. The molecule has 233 valence electrons. The number of hydrogen-bond donors (Lipinski definition) is 1. The van der Waals surface area contributed by atoms with E-state index in [-0.39, 0.29) is 10.8 Å². The first-order valence-electron chi connectivity index (χ1n) is 16.2. The molecule has 4 heterocycles. The molecular formula is C42H34BBrN3S. The van der Waals surface area contributed by atoms with E-state index in [2.05, 4.69) is 205 Å². The molecule has 0 bridgehead atoms. The fourth-order valence-corrected chi connectivity index (χ4v) is 8.70. The van der Waals surface area contributed by atoms with Crippen LogP contribution in [-0.4, -0.2) is 16.8 Å². The van der Waals surface area contributed by atoms with Crippen LogP contribution in [0, 0.1) is 0 Å². The molecule has 8 aromatic rings. The topological polar surface area (TPSA) is 22.2 Å². The normalized spacial score (nSPS) is 14.4. The molecule has 6 heteroatoms. The maximum atomic E-state index is 4.34. The number of para-hydroxylation sites is 5. The average Bonchev–Trinajstić information content (AvgIpc) is 3.61. The zero-order valence-electron chi connectivity index (χ0n) is 27.4. The van der Waals surface area contributed by atoms with Crippen LogP contribution in [0.2, 0.25) is 0 Å². The number of fused-ring (bicyclic) bond motifs is 10. The van der Waals surface area contributed by atoms with Gasteiger partial charge in [-0.05, 0) is 58.7 Å². The van der Waals surface area contributed by atoms with Gasteiger partial charge in [0.2, 0.25) is 0 Å². The third-order valence-electron chi connectivity index (χ3n) is 10.4. The van der Waals surface area contributed by atoms with Gasteiger partial charge in [-0.15, -0.1) is 0 Å². The Morgan fingerprint density at radius 1 is 0.521 bits per heavy atom. The van der Waals surface area contributed by atoms with Crippen molar-refractivity contribution in [1.82, 2.24) is 9.13 Å². The van der Waals surface area contributed by atoms with E-state index in [1.54, 1.807) is 0 Å². The summed E-state index contributed by atoms with van der Waals surface area (Å²) in [6, 6.07) is 46.3. The van der Waals surface area contributed by atoms with Gasteiger partial charge in [-0.25, -0.2) is 0 Å². The van der Waals surface area contributed by atoms with Crippen LogP contribution >= 0.6 is 28.7 Å². The van der Waals surface area contributed by atoms with Gasteiger partial charge in [0.25, 0.3) is 0 Å². The van der Waals surface area contributed by atoms with E-state index in [0.29, 0.717) is 0 Å². The van der Waals surface area contributed by atoms with E-state index in [4.69, 9.17) is 0 Å². The molecule has 0 spiro atoms. The summed E-state index contributed by atoms with van der Waals surface area (Å²) in [5.41, 5.74) is 13.5. The molecule has 2 aliphatic heterocycles. The monoisotopic (exact) mass is 702 g/mol. The molecule has 2 aromatic heterocycles. The SMILES string of the molecule is CC1(C)c2ccccc2-n2c3ccccc3c3cc(Br)cc1c32.CC1(C)c2ccccc2-n2c3ccccc3c3cccc1c32.[B]=NS. The van der Waals surface area contributed by atoms with E-state index in [0.717, 1.165) is 4.47 Å². The van der Waals surface area contributed by atoms with Crippen LogP contribution in [0.15, 0.2) is 136 Å². The predicted molar refractivity (Wildman–Crippen MR) is 211 cm³/mol. The van der Waals surface area contributed by atoms with Gasteiger partial charge in [0, 0.05) is 36.8 Å². The molecule has 0 saturated carbocycles. The Morgan fingerprint density at radius 2 is 0.938 bits per heavy atom. The second-order valence-corrected chi connectivity index (χ2v) is 14.8. The molecule has 3 nitrogen and oxygen atoms in total. The molecule has 0 N–H and O–H groups in total. The van der Waals surface area contributed by atoms with Crippen LogP contribution in [0.3, 0.4) is 0 Å². The molecule has 1 radical (unpaired) electrons. The van der Waals surface area contributed by atoms with Gasteiger partial charge in [0.15, 0.2) is 0 Å². The van der Waals surface area contributed by atoms with E-state index in [9.17, 15) is 0 Å². The molecule has 48 heavy (non-hydrogen) atoms. The van der Waals surface area contributed by atoms with Gasteiger partial charge in [0.1, 0.15) is 0 Å². The van der Waals surface area contributed by atoms with E-state index >= 15 is 0 Å². The summed E-state index contributed by atoms with van der Waals surface area (Å²) in [6.07, 6.45) is 0. The van der Waals surface area contributed by atoms with Crippen LogP contribution < -0.4 is 0 Å². The third kappa shape index (κ3) is 4.35.